The van der Waals surface area contributed by atoms with E-state index in [1.807, 2.05) is 18.2 Å². The van der Waals surface area contributed by atoms with Gasteiger partial charge >= 0.3 is 0 Å². The maximum Gasteiger partial charge on any atom is 0.226 e. The van der Waals surface area contributed by atoms with Gasteiger partial charge in [-0.25, -0.2) is 4.39 Å². The highest BCUT2D eigenvalue weighted by molar-refractivity contribution is 7.80. The minimum Gasteiger partial charge on any atom is -0.352 e. The van der Waals surface area contributed by atoms with Crippen LogP contribution in [0.1, 0.15) is 41.1 Å². The summed E-state index contributed by atoms with van der Waals surface area (Å²) in [6.45, 7) is 4.67. The molecule has 0 saturated carbocycles. The zero-order chi connectivity index (χ0) is 28.5. The number of fused-ring (bicyclic) bond motifs is 1. The topological polar surface area (TPSA) is 62.2 Å². The average molecular weight is 564 g/mol. The van der Waals surface area contributed by atoms with E-state index in [9.17, 15) is 9.18 Å². The zero-order valence-electron chi connectivity index (χ0n) is 22.8. The molecule has 1 saturated heterocycles. The first-order chi connectivity index (χ1) is 19.9. The van der Waals surface area contributed by atoms with Crippen molar-refractivity contribution in [2.24, 2.45) is 0 Å². The Morgan fingerprint density at radius 2 is 1.76 bits per heavy atom. The number of halogens is 1. The molecule has 0 bridgehead atoms. The first-order valence-corrected chi connectivity index (χ1v) is 14.0. The van der Waals surface area contributed by atoms with Crippen molar-refractivity contribution in [1.29, 1.82) is 0 Å². The third-order valence-electron chi connectivity index (χ3n) is 7.70. The molecule has 2 aromatic heterocycles. The molecule has 0 unspecified atom stereocenters. The van der Waals surface area contributed by atoms with Gasteiger partial charge in [0.05, 0.1) is 23.5 Å². The monoisotopic (exact) mass is 563 g/mol. The molecule has 0 spiro atoms. The predicted molar refractivity (Wildman–Crippen MR) is 165 cm³/mol. The smallest absolute Gasteiger partial charge is 0.226 e. The molecule has 3 aromatic carbocycles. The third-order valence-corrected chi connectivity index (χ3v) is 8.05. The number of thiocarbonyl (C=S) groups is 1. The van der Waals surface area contributed by atoms with Crippen LogP contribution in [-0.2, 0) is 4.79 Å². The van der Waals surface area contributed by atoms with E-state index >= 15 is 0 Å². The molecule has 1 amide bonds. The molecule has 1 aliphatic heterocycles. The van der Waals surface area contributed by atoms with Crippen molar-refractivity contribution in [3.05, 3.63) is 126 Å². The van der Waals surface area contributed by atoms with Crippen molar-refractivity contribution in [3.63, 3.8) is 0 Å². The van der Waals surface area contributed by atoms with E-state index in [0.717, 1.165) is 28.3 Å². The van der Waals surface area contributed by atoms with Gasteiger partial charge in [-0.2, -0.15) is 0 Å². The summed E-state index contributed by atoms with van der Waals surface area (Å²) in [7, 11) is 0. The van der Waals surface area contributed by atoms with E-state index in [0.29, 0.717) is 17.3 Å². The van der Waals surface area contributed by atoms with E-state index in [1.165, 1.54) is 22.9 Å². The lowest BCUT2D eigenvalue weighted by Crippen LogP contribution is -2.32. The number of aryl methyl sites for hydroxylation is 1. The molecule has 0 aliphatic carbocycles. The van der Waals surface area contributed by atoms with Crippen molar-refractivity contribution in [3.8, 4) is 5.69 Å². The number of aromatic nitrogens is 2. The Morgan fingerprint density at radius 1 is 1.00 bits per heavy atom. The van der Waals surface area contributed by atoms with Gasteiger partial charge in [-0.1, -0.05) is 42.5 Å². The minimum atomic E-state index is -0.346. The minimum absolute atomic E-state index is 0.166. The first-order valence-electron chi connectivity index (χ1n) is 13.6. The van der Waals surface area contributed by atoms with Crippen LogP contribution < -0.4 is 10.6 Å². The third kappa shape index (κ3) is 5.18. The van der Waals surface area contributed by atoms with Crippen LogP contribution in [0.4, 0.5) is 10.1 Å². The van der Waals surface area contributed by atoms with Crippen molar-refractivity contribution in [2.75, 3.05) is 11.9 Å². The van der Waals surface area contributed by atoms with Crippen molar-refractivity contribution in [2.45, 2.75) is 32.4 Å². The number of amides is 1. The Balaban J connectivity index is 1.36. The zero-order valence-corrected chi connectivity index (χ0v) is 23.7. The fraction of sp³-hybridized carbons (Fsp3) is 0.182. The molecule has 6 rings (SSSR count). The predicted octanol–water partition coefficient (Wildman–Crippen LogP) is 6.78. The molecule has 1 aliphatic rings. The van der Waals surface area contributed by atoms with Gasteiger partial charge in [0.25, 0.3) is 0 Å². The van der Waals surface area contributed by atoms with Gasteiger partial charge in [-0.3, -0.25) is 9.78 Å². The number of carbonyl (C=O) groups excluding carboxylic acids is 1. The largest absolute Gasteiger partial charge is 0.352 e. The van der Waals surface area contributed by atoms with E-state index in [-0.39, 0.29) is 30.2 Å². The number of rotatable bonds is 7. The van der Waals surface area contributed by atoms with E-state index in [2.05, 4.69) is 87.5 Å². The summed E-state index contributed by atoms with van der Waals surface area (Å²) < 4.78 is 15.6. The van der Waals surface area contributed by atoms with Crippen molar-refractivity contribution >= 4 is 39.7 Å². The second-order valence-electron chi connectivity index (χ2n) is 10.3. The van der Waals surface area contributed by atoms with Gasteiger partial charge in [0.15, 0.2) is 5.11 Å². The fourth-order valence-corrected chi connectivity index (χ4v) is 6.16. The second kappa shape index (κ2) is 11.1. The molecule has 1 fully saturated rings. The van der Waals surface area contributed by atoms with Crippen LogP contribution >= 0.6 is 12.2 Å². The first kappa shape index (κ1) is 26.7. The van der Waals surface area contributed by atoms with E-state index in [1.54, 1.807) is 18.3 Å². The molecule has 2 atom stereocenters. The number of carbonyl (C=O) groups is 1. The highest BCUT2D eigenvalue weighted by atomic mass is 32.1. The molecule has 2 N–H and O–H groups in total. The summed E-state index contributed by atoms with van der Waals surface area (Å²) in [4.78, 5) is 19.6. The standard InChI is InChI=1S/C33H30FN5OS/c1-21-20-27(22(2)39(21)29-12-7-9-23-8-3-4-10-26(23)29)32-31(28-11-5-6-18-35-28)37-33(41)38(32)19-17-30(40)36-25-15-13-24(34)14-16-25/h3-16,18,20,31-32H,17,19H2,1-2H3,(H,36,40)(H,37,41)/t31-,32-/m0/s1. The highest BCUT2D eigenvalue weighted by Gasteiger charge is 2.41. The Labute approximate surface area is 243 Å². The quantitative estimate of drug-likeness (QED) is 0.214. The second-order valence-corrected chi connectivity index (χ2v) is 10.7. The number of hydrogen-bond acceptors (Lipinski definition) is 3. The van der Waals surface area contributed by atoms with Gasteiger partial charge in [0, 0.05) is 41.6 Å². The van der Waals surface area contributed by atoms with Gasteiger partial charge in [-0.05, 0) is 85.5 Å². The summed E-state index contributed by atoms with van der Waals surface area (Å²) in [5.41, 5.74) is 5.90. The average Bonchev–Trinajstić information content (AvgIpc) is 3.47. The van der Waals surface area contributed by atoms with Crippen LogP contribution in [-0.4, -0.2) is 32.0 Å². The van der Waals surface area contributed by atoms with Crippen LogP contribution in [0.15, 0.2) is 97.2 Å². The molecule has 206 valence electrons. The van der Waals surface area contributed by atoms with Crippen LogP contribution in [0.2, 0.25) is 0 Å². The number of nitrogens with zero attached hydrogens (tertiary/aromatic N) is 3. The number of hydrogen-bond donors (Lipinski definition) is 2. The van der Waals surface area contributed by atoms with Crippen molar-refractivity contribution < 1.29 is 9.18 Å². The SMILES string of the molecule is Cc1cc([C@H]2[C@H](c3ccccn3)NC(=S)N2CCC(=O)Nc2ccc(F)cc2)c(C)n1-c1cccc2ccccc12. The lowest BCUT2D eigenvalue weighted by Gasteiger charge is -2.28. The normalized spacial score (nSPS) is 16.7. The van der Waals surface area contributed by atoms with E-state index < -0.39 is 0 Å². The number of anilines is 1. The molecule has 6 nitrogen and oxygen atoms in total. The van der Waals surface area contributed by atoms with Crippen LogP contribution in [0.5, 0.6) is 0 Å². The lowest BCUT2D eigenvalue weighted by molar-refractivity contribution is -0.116. The summed E-state index contributed by atoms with van der Waals surface area (Å²) >= 11 is 5.84. The molecule has 41 heavy (non-hydrogen) atoms. The fourth-order valence-electron chi connectivity index (χ4n) is 5.82. The van der Waals surface area contributed by atoms with Gasteiger partial charge in [0.1, 0.15) is 5.82 Å². The summed E-state index contributed by atoms with van der Waals surface area (Å²) in [5.74, 6) is -0.512. The number of pyridine rings is 1. The van der Waals surface area contributed by atoms with Crippen LogP contribution in [0, 0.1) is 19.7 Å². The summed E-state index contributed by atoms with van der Waals surface area (Å²) in [6.07, 6.45) is 2.00. The van der Waals surface area contributed by atoms with Crippen molar-refractivity contribution in [1.82, 2.24) is 19.8 Å². The Morgan fingerprint density at radius 3 is 2.54 bits per heavy atom. The number of nitrogens with one attached hydrogen (secondary N) is 2. The maximum absolute atomic E-state index is 13.3. The molecular weight excluding hydrogens is 533 g/mol. The Hall–Kier alpha value is -4.56. The van der Waals surface area contributed by atoms with Gasteiger partial charge in [0.2, 0.25) is 5.91 Å². The molecule has 0 radical (unpaired) electrons. The van der Waals surface area contributed by atoms with Crippen LogP contribution in [0.25, 0.3) is 16.5 Å². The number of benzene rings is 3. The Bertz CT molecular complexity index is 1730. The molecule has 8 heteroatoms. The van der Waals surface area contributed by atoms with Crippen LogP contribution in [0.3, 0.4) is 0 Å². The van der Waals surface area contributed by atoms with Gasteiger partial charge < -0.3 is 20.1 Å². The van der Waals surface area contributed by atoms with E-state index in [4.69, 9.17) is 12.2 Å². The summed E-state index contributed by atoms with van der Waals surface area (Å²) in [5, 5.41) is 9.28. The maximum atomic E-state index is 13.3. The molecule has 5 aromatic rings. The Kier molecular flexibility index (Phi) is 7.24. The summed E-state index contributed by atoms with van der Waals surface area (Å²) in [6, 6.07) is 28.3. The highest BCUT2D eigenvalue weighted by Crippen LogP contribution is 2.42. The molecular formula is C33H30FN5OS. The lowest BCUT2D eigenvalue weighted by atomic mass is 9.96. The molecule has 3 heterocycles. The van der Waals surface area contributed by atoms with Gasteiger partial charge in [-0.15, -0.1) is 0 Å².